The second-order valence-electron chi connectivity index (χ2n) is 6.32. The first-order valence-electron chi connectivity index (χ1n) is 9.29. The summed E-state index contributed by atoms with van der Waals surface area (Å²) in [5.74, 6) is 0.926. The Morgan fingerprint density at radius 1 is 0.792 bits per heavy atom. The zero-order chi connectivity index (χ0) is 17.0. The van der Waals surface area contributed by atoms with Gasteiger partial charge in [0.1, 0.15) is 12.4 Å². The van der Waals surface area contributed by atoms with E-state index in [1.54, 1.807) is 0 Å². The monoisotopic (exact) mass is 322 g/mol. The van der Waals surface area contributed by atoms with Gasteiger partial charge in [-0.2, -0.15) is 0 Å². The number of allylic oxidation sites excluding steroid dienone is 1. The van der Waals surface area contributed by atoms with Gasteiger partial charge in [0.05, 0.1) is 0 Å². The quantitative estimate of drug-likeness (QED) is 0.436. The number of rotatable bonds is 10. The summed E-state index contributed by atoms with van der Waals surface area (Å²) in [5.41, 5.74) is 3.88. The fraction of sp³-hybridized carbons (Fsp3) is 0.391. The molecule has 0 amide bonds. The fourth-order valence-electron chi connectivity index (χ4n) is 2.61. The molecule has 0 saturated carbocycles. The van der Waals surface area contributed by atoms with Gasteiger partial charge in [0.15, 0.2) is 0 Å². The van der Waals surface area contributed by atoms with Crippen LogP contribution in [0.3, 0.4) is 0 Å². The highest BCUT2D eigenvalue weighted by Gasteiger charge is 1.98. The number of hydrogen-bond acceptors (Lipinski definition) is 1. The molecule has 0 atom stereocenters. The van der Waals surface area contributed by atoms with Crippen molar-refractivity contribution in [2.75, 3.05) is 0 Å². The van der Waals surface area contributed by atoms with Crippen molar-refractivity contribution in [3.05, 3.63) is 71.3 Å². The Bertz CT molecular complexity index is 593. The van der Waals surface area contributed by atoms with E-state index in [2.05, 4.69) is 62.4 Å². The molecule has 2 aromatic rings. The van der Waals surface area contributed by atoms with Gasteiger partial charge in [-0.1, -0.05) is 81.7 Å². The van der Waals surface area contributed by atoms with Gasteiger partial charge < -0.3 is 4.74 Å². The zero-order valence-electron chi connectivity index (χ0n) is 15.1. The fourth-order valence-corrected chi connectivity index (χ4v) is 2.61. The van der Waals surface area contributed by atoms with Crippen molar-refractivity contribution < 1.29 is 4.74 Å². The second-order valence-corrected chi connectivity index (χ2v) is 6.32. The minimum atomic E-state index is 0.625. The van der Waals surface area contributed by atoms with Gasteiger partial charge in [0.25, 0.3) is 0 Å². The van der Waals surface area contributed by atoms with Crippen LogP contribution >= 0.6 is 0 Å². The molecular weight excluding hydrogens is 292 g/mol. The van der Waals surface area contributed by atoms with Crippen molar-refractivity contribution in [3.63, 3.8) is 0 Å². The van der Waals surface area contributed by atoms with Crippen LogP contribution in [0.2, 0.25) is 0 Å². The first-order chi connectivity index (χ1) is 11.8. The van der Waals surface area contributed by atoms with E-state index in [0.29, 0.717) is 6.61 Å². The average Bonchev–Trinajstić information content (AvgIpc) is 2.63. The maximum Gasteiger partial charge on any atom is 0.119 e. The Morgan fingerprint density at radius 3 is 2.17 bits per heavy atom. The van der Waals surface area contributed by atoms with E-state index in [9.17, 15) is 0 Å². The standard InChI is InChI=1S/C23H30O/c1-3-5-7-9-20-11-13-22(14-12-20)19-24-23-17-15-21(16-18-23)10-8-6-4-2/h8,10-18H,3-7,9,19H2,1-2H3. The molecule has 0 heterocycles. The Kier molecular flexibility index (Phi) is 8.17. The predicted octanol–water partition coefficient (Wildman–Crippen LogP) is 6.81. The Morgan fingerprint density at radius 2 is 1.50 bits per heavy atom. The van der Waals surface area contributed by atoms with Gasteiger partial charge in [-0.3, -0.25) is 0 Å². The third-order valence-corrected chi connectivity index (χ3v) is 4.14. The maximum absolute atomic E-state index is 5.89. The maximum atomic E-state index is 5.89. The van der Waals surface area contributed by atoms with Crippen LogP contribution in [0, 0.1) is 0 Å². The van der Waals surface area contributed by atoms with Gasteiger partial charge in [-0.25, -0.2) is 0 Å². The molecule has 0 aliphatic heterocycles. The third-order valence-electron chi connectivity index (χ3n) is 4.14. The van der Waals surface area contributed by atoms with E-state index in [4.69, 9.17) is 4.74 Å². The van der Waals surface area contributed by atoms with E-state index in [1.807, 2.05) is 12.1 Å². The lowest BCUT2D eigenvalue weighted by atomic mass is 10.1. The highest BCUT2D eigenvalue weighted by Crippen LogP contribution is 2.16. The molecular formula is C23H30O. The van der Waals surface area contributed by atoms with E-state index in [-0.39, 0.29) is 0 Å². The highest BCUT2D eigenvalue weighted by atomic mass is 16.5. The molecule has 0 aliphatic carbocycles. The predicted molar refractivity (Wildman–Crippen MR) is 104 cm³/mol. The van der Waals surface area contributed by atoms with Crippen molar-refractivity contribution in [3.8, 4) is 5.75 Å². The van der Waals surface area contributed by atoms with Crippen molar-refractivity contribution in [1.82, 2.24) is 0 Å². The van der Waals surface area contributed by atoms with Gasteiger partial charge in [0, 0.05) is 0 Å². The lowest BCUT2D eigenvalue weighted by Crippen LogP contribution is -1.96. The first-order valence-corrected chi connectivity index (χ1v) is 9.29. The molecule has 0 N–H and O–H groups in total. The number of benzene rings is 2. The number of aryl methyl sites for hydroxylation is 1. The molecule has 2 rings (SSSR count). The lowest BCUT2D eigenvalue weighted by molar-refractivity contribution is 0.306. The number of hydrogen-bond donors (Lipinski definition) is 0. The van der Waals surface area contributed by atoms with E-state index >= 15 is 0 Å². The molecule has 0 spiro atoms. The van der Waals surface area contributed by atoms with Crippen molar-refractivity contribution in [1.29, 1.82) is 0 Å². The van der Waals surface area contributed by atoms with Crippen LogP contribution in [0.15, 0.2) is 54.6 Å². The highest BCUT2D eigenvalue weighted by molar-refractivity contribution is 5.50. The minimum Gasteiger partial charge on any atom is -0.489 e. The van der Waals surface area contributed by atoms with Crippen LogP contribution in [0.1, 0.15) is 62.6 Å². The van der Waals surface area contributed by atoms with Gasteiger partial charge in [-0.05, 0) is 48.1 Å². The molecule has 0 fully saturated rings. The normalized spacial score (nSPS) is 11.1. The van der Waals surface area contributed by atoms with E-state index in [1.165, 1.54) is 48.8 Å². The number of unbranched alkanes of at least 4 members (excludes halogenated alkanes) is 3. The Hall–Kier alpha value is -2.02. The number of ether oxygens (including phenoxy) is 1. The SMILES string of the molecule is CCCC=Cc1ccc(OCc2ccc(CCCCC)cc2)cc1. The lowest BCUT2D eigenvalue weighted by Gasteiger charge is -2.08. The molecule has 128 valence electrons. The molecule has 0 saturated heterocycles. The largest absolute Gasteiger partial charge is 0.489 e. The van der Waals surface area contributed by atoms with Crippen molar-refractivity contribution >= 4 is 6.08 Å². The third kappa shape index (κ3) is 6.62. The van der Waals surface area contributed by atoms with Gasteiger partial charge >= 0.3 is 0 Å². The van der Waals surface area contributed by atoms with Crippen LogP contribution in [-0.4, -0.2) is 0 Å². The Labute approximate surface area is 147 Å². The molecule has 24 heavy (non-hydrogen) atoms. The van der Waals surface area contributed by atoms with Crippen LogP contribution in [-0.2, 0) is 13.0 Å². The van der Waals surface area contributed by atoms with Crippen molar-refractivity contribution in [2.24, 2.45) is 0 Å². The second kappa shape index (κ2) is 10.7. The summed E-state index contributed by atoms with van der Waals surface area (Å²) in [5, 5.41) is 0. The summed E-state index contributed by atoms with van der Waals surface area (Å²) in [6, 6.07) is 17.1. The molecule has 1 nitrogen and oxygen atoms in total. The zero-order valence-corrected chi connectivity index (χ0v) is 15.1. The summed E-state index contributed by atoms with van der Waals surface area (Å²) in [4.78, 5) is 0. The van der Waals surface area contributed by atoms with Gasteiger partial charge in [-0.15, -0.1) is 0 Å². The summed E-state index contributed by atoms with van der Waals surface area (Å²) in [7, 11) is 0. The molecule has 0 bridgehead atoms. The minimum absolute atomic E-state index is 0.625. The van der Waals surface area contributed by atoms with Gasteiger partial charge in [0.2, 0.25) is 0 Å². The van der Waals surface area contributed by atoms with E-state index in [0.717, 1.165) is 12.2 Å². The van der Waals surface area contributed by atoms with Crippen LogP contribution in [0.5, 0.6) is 5.75 Å². The van der Waals surface area contributed by atoms with Crippen LogP contribution in [0.25, 0.3) is 6.08 Å². The molecule has 0 aromatic heterocycles. The molecule has 0 unspecified atom stereocenters. The van der Waals surface area contributed by atoms with E-state index < -0.39 is 0 Å². The topological polar surface area (TPSA) is 9.23 Å². The summed E-state index contributed by atoms with van der Waals surface area (Å²) in [6.45, 7) is 5.06. The van der Waals surface area contributed by atoms with Crippen LogP contribution in [0.4, 0.5) is 0 Å². The Balaban J connectivity index is 1.80. The molecule has 1 heteroatoms. The summed E-state index contributed by atoms with van der Waals surface area (Å²) >= 11 is 0. The van der Waals surface area contributed by atoms with Crippen LogP contribution < -0.4 is 4.74 Å². The molecule has 0 aliphatic rings. The average molecular weight is 322 g/mol. The summed E-state index contributed by atoms with van der Waals surface area (Å²) in [6.07, 6.45) is 11.8. The van der Waals surface area contributed by atoms with Crippen molar-refractivity contribution in [2.45, 2.75) is 59.0 Å². The smallest absolute Gasteiger partial charge is 0.119 e. The first kappa shape index (κ1) is 18.3. The molecule has 2 aromatic carbocycles. The summed E-state index contributed by atoms with van der Waals surface area (Å²) < 4.78 is 5.89. The molecule has 0 radical (unpaired) electrons.